The summed E-state index contributed by atoms with van der Waals surface area (Å²) in [7, 11) is 0. The van der Waals surface area contributed by atoms with Crippen molar-refractivity contribution in [2.75, 3.05) is 0 Å². The molecule has 1 atom stereocenters. The minimum Gasteiger partial charge on any atom is -0.120 e. The number of alkyl halides is 1. The maximum absolute atomic E-state index is 6.23. The molecule has 80 valence electrons. The third-order valence-electron chi connectivity index (χ3n) is 3.02. The van der Waals surface area contributed by atoms with Crippen LogP contribution in [0.15, 0.2) is 0 Å². The molecule has 0 aliphatic carbocycles. The highest BCUT2D eigenvalue weighted by Crippen LogP contribution is 2.38. The van der Waals surface area contributed by atoms with Crippen molar-refractivity contribution in [1.29, 1.82) is 0 Å². The molecule has 0 saturated carbocycles. The molecule has 0 rings (SSSR count). The fourth-order valence-corrected chi connectivity index (χ4v) is 2.13. The van der Waals surface area contributed by atoms with Crippen LogP contribution in [0.4, 0.5) is 0 Å². The van der Waals surface area contributed by atoms with Gasteiger partial charge in [0.05, 0.1) is 0 Å². The summed E-state index contributed by atoms with van der Waals surface area (Å²) in [4.78, 5) is -0.0512. The van der Waals surface area contributed by atoms with E-state index in [-0.39, 0.29) is 4.87 Å². The van der Waals surface area contributed by atoms with Crippen LogP contribution in [-0.4, -0.2) is 4.87 Å². The number of hydrogen-bond donors (Lipinski definition) is 0. The fraction of sp³-hybridized carbons (Fsp3) is 1.00. The Hall–Kier alpha value is 0.290. The molecule has 0 aromatic rings. The normalized spacial score (nSPS) is 15.9. The summed E-state index contributed by atoms with van der Waals surface area (Å²) < 4.78 is 0. The second-order valence-electron chi connectivity index (χ2n) is 5.56. The van der Waals surface area contributed by atoms with Gasteiger partial charge in [-0.15, -0.1) is 11.6 Å². The van der Waals surface area contributed by atoms with Gasteiger partial charge in [-0.25, -0.2) is 0 Å². The van der Waals surface area contributed by atoms with Crippen LogP contribution in [0, 0.1) is 11.3 Å². The van der Waals surface area contributed by atoms with Gasteiger partial charge >= 0.3 is 0 Å². The van der Waals surface area contributed by atoms with Crippen molar-refractivity contribution >= 4 is 11.6 Å². The monoisotopic (exact) mass is 204 g/mol. The molecular formula is C12H25Cl. The summed E-state index contributed by atoms with van der Waals surface area (Å²) in [5.41, 5.74) is 0.431. The van der Waals surface area contributed by atoms with E-state index in [9.17, 15) is 0 Å². The quantitative estimate of drug-likeness (QED) is 0.562. The molecule has 0 aromatic carbocycles. The Labute approximate surface area is 89.1 Å². The number of hydrogen-bond acceptors (Lipinski definition) is 0. The van der Waals surface area contributed by atoms with Crippen LogP contribution < -0.4 is 0 Å². The molecule has 1 unspecified atom stereocenters. The molecule has 0 spiro atoms. The van der Waals surface area contributed by atoms with Crippen LogP contribution in [0.3, 0.4) is 0 Å². The Morgan fingerprint density at radius 1 is 1.15 bits per heavy atom. The standard InChI is InChI=1S/C12H25Cl/c1-7-8-11(3,4)10(2)9-12(5,6)13/h10H,7-9H2,1-6H3. The molecule has 0 saturated heterocycles. The zero-order valence-electron chi connectivity index (χ0n) is 10.1. The maximum atomic E-state index is 6.23. The van der Waals surface area contributed by atoms with Crippen LogP contribution in [0.1, 0.15) is 60.8 Å². The molecule has 0 aliphatic heterocycles. The van der Waals surface area contributed by atoms with Crippen molar-refractivity contribution in [2.24, 2.45) is 11.3 Å². The van der Waals surface area contributed by atoms with Crippen LogP contribution in [0.2, 0.25) is 0 Å². The van der Waals surface area contributed by atoms with E-state index in [2.05, 4.69) is 41.5 Å². The topological polar surface area (TPSA) is 0 Å². The van der Waals surface area contributed by atoms with Gasteiger partial charge in [-0.3, -0.25) is 0 Å². The first-order chi connectivity index (χ1) is 5.69. The summed E-state index contributed by atoms with van der Waals surface area (Å²) in [6.45, 7) is 13.5. The van der Waals surface area contributed by atoms with Gasteiger partial charge in [-0.1, -0.05) is 34.1 Å². The van der Waals surface area contributed by atoms with Crippen molar-refractivity contribution in [1.82, 2.24) is 0 Å². The predicted molar refractivity (Wildman–Crippen MR) is 62.4 cm³/mol. The zero-order chi connectivity index (χ0) is 10.7. The van der Waals surface area contributed by atoms with Crippen LogP contribution >= 0.6 is 11.6 Å². The molecule has 0 amide bonds. The second kappa shape index (κ2) is 4.68. The van der Waals surface area contributed by atoms with E-state index in [0.717, 1.165) is 6.42 Å². The molecule has 0 radical (unpaired) electrons. The molecular weight excluding hydrogens is 180 g/mol. The lowest BCUT2D eigenvalue weighted by molar-refractivity contribution is 0.187. The lowest BCUT2D eigenvalue weighted by Crippen LogP contribution is -2.27. The van der Waals surface area contributed by atoms with E-state index >= 15 is 0 Å². The van der Waals surface area contributed by atoms with Crippen LogP contribution in [-0.2, 0) is 0 Å². The van der Waals surface area contributed by atoms with Gasteiger partial charge in [0.2, 0.25) is 0 Å². The average Bonchev–Trinajstić information content (AvgIpc) is 1.82. The van der Waals surface area contributed by atoms with Crippen molar-refractivity contribution in [3.63, 3.8) is 0 Å². The summed E-state index contributed by atoms with van der Waals surface area (Å²) in [6.07, 6.45) is 3.66. The fourth-order valence-electron chi connectivity index (χ4n) is 1.90. The first kappa shape index (κ1) is 13.3. The van der Waals surface area contributed by atoms with Gasteiger partial charge < -0.3 is 0 Å². The van der Waals surface area contributed by atoms with Gasteiger partial charge in [0.15, 0.2) is 0 Å². The zero-order valence-corrected chi connectivity index (χ0v) is 10.8. The lowest BCUT2D eigenvalue weighted by Gasteiger charge is -2.35. The molecule has 0 nitrogen and oxygen atoms in total. The highest BCUT2D eigenvalue weighted by molar-refractivity contribution is 6.23. The summed E-state index contributed by atoms with van der Waals surface area (Å²) in [6, 6.07) is 0. The SMILES string of the molecule is CCCC(C)(C)C(C)CC(C)(C)Cl. The van der Waals surface area contributed by atoms with Gasteiger partial charge in [0, 0.05) is 4.87 Å². The molecule has 0 N–H and O–H groups in total. The Morgan fingerprint density at radius 2 is 1.62 bits per heavy atom. The third-order valence-corrected chi connectivity index (χ3v) is 3.17. The van der Waals surface area contributed by atoms with Crippen molar-refractivity contribution < 1.29 is 0 Å². The van der Waals surface area contributed by atoms with Crippen LogP contribution in [0.5, 0.6) is 0 Å². The Morgan fingerprint density at radius 3 is 1.92 bits per heavy atom. The van der Waals surface area contributed by atoms with E-state index in [4.69, 9.17) is 11.6 Å². The van der Waals surface area contributed by atoms with Gasteiger partial charge in [-0.05, 0) is 38.0 Å². The Kier molecular flexibility index (Phi) is 4.79. The molecule has 0 aromatic heterocycles. The van der Waals surface area contributed by atoms with Gasteiger partial charge in [0.25, 0.3) is 0 Å². The molecule has 0 heterocycles. The number of halogens is 1. The van der Waals surface area contributed by atoms with Crippen molar-refractivity contribution in [3.8, 4) is 0 Å². The van der Waals surface area contributed by atoms with Gasteiger partial charge in [0.1, 0.15) is 0 Å². The smallest absolute Gasteiger partial charge is 0.0393 e. The third kappa shape index (κ3) is 5.57. The van der Waals surface area contributed by atoms with Gasteiger partial charge in [-0.2, -0.15) is 0 Å². The van der Waals surface area contributed by atoms with Crippen molar-refractivity contribution in [3.05, 3.63) is 0 Å². The Bertz CT molecular complexity index is 142. The molecule has 0 aliphatic rings. The molecule has 1 heteroatoms. The summed E-state index contributed by atoms with van der Waals surface area (Å²) >= 11 is 6.23. The maximum Gasteiger partial charge on any atom is 0.0393 e. The Balaban J connectivity index is 4.16. The van der Waals surface area contributed by atoms with Crippen molar-refractivity contribution in [2.45, 2.75) is 65.7 Å². The predicted octanol–water partition coefficient (Wildman–Crippen LogP) is 4.86. The molecule has 0 fully saturated rings. The summed E-state index contributed by atoms with van der Waals surface area (Å²) in [5, 5.41) is 0. The van der Waals surface area contributed by atoms with E-state index in [1.54, 1.807) is 0 Å². The number of rotatable bonds is 5. The van der Waals surface area contributed by atoms with E-state index in [1.807, 2.05) is 0 Å². The first-order valence-electron chi connectivity index (χ1n) is 5.38. The van der Waals surface area contributed by atoms with E-state index in [1.165, 1.54) is 12.8 Å². The largest absolute Gasteiger partial charge is 0.120 e. The summed E-state index contributed by atoms with van der Waals surface area (Å²) in [5.74, 6) is 0.694. The lowest BCUT2D eigenvalue weighted by atomic mass is 9.73. The second-order valence-corrected chi connectivity index (χ2v) is 6.59. The molecule has 13 heavy (non-hydrogen) atoms. The minimum atomic E-state index is -0.0512. The first-order valence-corrected chi connectivity index (χ1v) is 5.76. The van der Waals surface area contributed by atoms with E-state index < -0.39 is 0 Å². The average molecular weight is 205 g/mol. The van der Waals surface area contributed by atoms with Crippen LogP contribution in [0.25, 0.3) is 0 Å². The van der Waals surface area contributed by atoms with E-state index in [0.29, 0.717) is 11.3 Å². The highest BCUT2D eigenvalue weighted by Gasteiger charge is 2.29. The minimum absolute atomic E-state index is 0.0512. The highest BCUT2D eigenvalue weighted by atomic mass is 35.5. The molecule has 0 bridgehead atoms.